The van der Waals surface area contributed by atoms with Gasteiger partial charge in [-0.25, -0.2) is 0 Å². The summed E-state index contributed by atoms with van der Waals surface area (Å²) in [4.78, 5) is 0. The van der Waals surface area contributed by atoms with Crippen LogP contribution >= 0.6 is 56.5 Å². The van der Waals surface area contributed by atoms with Crippen LogP contribution < -0.4 is 106 Å². The van der Waals surface area contributed by atoms with Gasteiger partial charge in [-0.3, -0.25) is 0 Å². The first kappa shape index (κ1) is 125. The van der Waals surface area contributed by atoms with E-state index in [0.717, 1.165) is 0 Å². The fourth-order valence-electron chi connectivity index (χ4n) is 15.7. The van der Waals surface area contributed by atoms with Crippen molar-refractivity contribution in [3.05, 3.63) is 404 Å². The third kappa shape index (κ3) is 33.4. The standard InChI is InChI=1S/4C26H25P.C2H7N.8CH4.5ClH.2Ru/c4*1-18-11-19(2)14-25(13-18)27(26-15-20(3)12-21(4)16-26)24-10-9-22-7-5-6-8-23(22)17-24;1-3-2;;;;;;;;;;;;;;;/h4*5-17H,1-4H3;3H,1-2H3;8*1H4;5*1H;;/q;;;;;;;;;;;;;;;;;;2*+2/p-3. The van der Waals surface area contributed by atoms with Gasteiger partial charge in [0.15, 0.2) is 0 Å². The van der Waals surface area contributed by atoms with Crippen molar-refractivity contribution >= 4 is 163 Å². The van der Waals surface area contributed by atoms with Gasteiger partial charge in [-0.15, -0.1) is 24.8 Å². The zero-order valence-corrected chi connectivity index (χ0v) is 81.9. The van der Waals surface area contributed by atoms with E-state index in [1.54, 1.807) is 0 Å². The van der Waals surface area contributed by atoms with E-state index in [2.05, 4.69) is 432 Å². The Kier molecular flexibility index (Phi) is 58.2. The first-order chi connectivity index (χ1) is 53.4. The predicted molar refractivity (Wildman–Crippen MR) is 570 cm³/mol. The molecular weight excluding hydrogens is 1890 g/mol. The van der Waals surface area contributed by atoms with E-state index in [9.17, 15) is 0 Å². The van der Waals surface area contributed by atoms with Gasteiger partial charge in [0, 0.05) is 0 Å². The second-order valence-electron chi connectivity index (χ2n) is 30.7. The van der Waals surface area contributed by atoms with Crippen LogP contribution in [0.1, 0.15) is 148 Å². The molecule has 0 saturated heterocycles. The number of hydrogen-bond acceptors (Lipinski definition) is 1. The summed E-state index contributed by atoms with van der Waals surface area (Å²) in [6, 6.07) is 118. The van der Waals surface area contributed by atoms with E-state index in [1.165, 1.54) is 196 Å². The van der Waals surface area contributed by atoms with Crippen LogP contribution in [0.4, 0.5) is 0 Å². The van der Waals surface area contributed by atoms with Crippen LogP contribution in [0.15, 0.2) is 315 Å². The van der Waals surface area contributed by atoms with Crippen LogP contribution in [0, 0.1) is 111 Å². The summed E-state index contributed by atoms with van der Waals surface area (Å²) in [6.45, 7) is 35.2. The molecule has 16 aromatic carbocycles. The molecule has 16 aromatic rings. The minimum atomic E-state index is -0.584. The van der Waals surface area contributed by atoms with Crippen molar-refractivity contribution in [1.29, 1.82) is 0 Å². The molecule has 1 nitrogen and oxygen atoms in total. The van der Waals surface area contributed by atoms with Crippen LogP contribution in [0.25, 0.3) is 43.1 Å². The van der Waals surface area contributed by atoms with Crippen LogP contribution in [0.3, 0.4) is 0 Å². The van der Waals surface area contributed by atoms with E-state index < -0.39 is 31.7 Å². The number of benzene rings is 16. The zero-order chi connectivity index (χ0) is 78.6. The molecule has 1 N–H and O–H groups in total. The molecule has 0 aromatic heterocycles. The summed E-state index contributed by atoms with van der Waals surface area (Å²) in [6.07, 6.45) is 0. The molecule has 0 fully saturated rings. The summed E-state index contributed by atoms with van der Waals surface area (Å²) >= 11 is 0. The number of hydrogen-bond donors (Lipinski definition) is 1. The van der Waals surface area contributed by atoms with Gasteiger partial charge in [0.25, 0.3) is 0 Å². The van der Waals surface area contributed by atoms with E-state index in [0.29, 0.717) is 0 Å². The average molecular weight is 2030 g/mol. The number of aryl methyl sites for hydroxylation is 16. The number of nitrogens with one attached hydrogen (secondary N) is 1. The predicted octanol–water partition coefficient (Wildman–Crippen LogP) is 20.1. The number of halogens is 5. The first-order valence-corrected chi connectivity index (χ1v) is 44.2. The van der Waals surface area contributed by atoms with Gasteiger partial charge in [0.2, 0.25) is 0 Å². The fourth-order valence-corrected chi connectivity index (χ4v) is 26.6. The fraction of sp³-hybridized carbons (Fsp3) is 0.228. The molecule has 0 radical (unpaired) electrons. The summed E-state index contributed by atoms with van der Waals surface area (Å²) < 4.78 is 0. The van der Waals surface area contributed by atoms with Gasteiger partial charge in [0.1, 0.15) is 0 Å². The van der Waals surface area contributed by atoms with E-state index in [4.69, 9.17) is 0 Å². The van der Waals surface area contributed by atoms with Crippen molar-refractivity contribution in [2.75, 3.05) is 14.1 Å². The molecule has 0 heterocycles. The topological polar surface area (TPSA) is 12.0 Å². The van der Waals surface area contributed by atoms with Crippen molar-refractivity contribution in [2.45, 2.75) is 170 Å². The van der Waals surface area contributed by atoms with Gasteiger partial charge in [0.05, 0.1) is 0 Å². The molecule has 0 unspecified atom stereocenters. The van der Waals surface area contributed by atoms with E-state index >= 15 is 0 Å². The Morgan fingerprint density at radius 1 is 0.151 bits per heavy atom. The molecule has 0 atom stereocenters. The Bertz CT molecular complexity index is 4930. The van der Waals surface area contributed by atoms with Crippen LogP contribution in [0.2, 0.25) is 0 Å². The Hall–Kier alpha value is -7.06. The molecule has 0 aliphatic heterocycles. The Morgan fingerprint density at radius 2 is 0.254 bits per heavy atom. The van der Waals surface area contributed by atoms with Crippen molar-refractivity contribution in [3.63, 3.8) is 0 Å². The normalized spacial score (nSPS) is 9.83. The zero-order valence-electron chi connectivity index (χ0n) is 71.0. The minimum Gasteiger partial charge on any atom is -1.00 e. The van der Waals surface area contributed by atoms with Gasteiger partial charge < -0.3 is 42.5 Å². The maximum Gasteiger partial charge on any atom is 2.00 e. The maximum absolute atomic E-state index is 2.75. The maximum atomic E-state index is 2.75. The smallest absolute Gasteiger partial charge is 1.00 e. The van der Waals surface area contributed by atoms with Crippen molar-refractivity contribution in [1.82, 2.24) is 5.32 Å². The molecule has 672 valence electrons. The molecule has 12 heteroatoms. The quantitative estimate of drug-likeness (QED) is 0.0950. The molecule has 0 aliphatic rings. The van der Waals surface area contributed by atoms with Crippen LogP contribution in [-0.2, 0) is 39.0 Å². The average Bonchev–Trinajstić information content (AvgIpc) is 0.798. The summed E-state index contributed by atoms with van der Waals surface area (Å²) in [7, 11) is 1.41. The van der Waals surface area contributed by atoms with Crippen molar-refractivity contribution < 1.29 is 76.2 Å². The Morgan fingerprint density at radius 3 is 0.365 bits per heavy atom. The monoisotopic (exact) mass is 2030 g/mol. The molecule has 0 amide bonds. The van der Waals surface area contributed by atoms with Crippen LogP contribution in [0.5, 0.6) is 0 Å². The summed E-state index contributed by atoms with van der Waals surface area (Å²) in [5.41, 5.74) is 21.4. The largest absolute Gasteiger partial charge is 2.00 e. The summed E-state index contributed by atoms with van der Waals surface area (Å²) in [5.74, 6) is 0. The number of fused-ring (bicyclic) bond motifs is 4. The molecule has 0 aliphatic carbocycles. The third-order valence-electron chi connectivity index (χ3n) is 19.7. The molecule has 126 heavy (non-hydrogen) atoms. The Labute approximate surface area is 825 Å². The Balaban J connectivity index is -0.000000749. The van der Waals surface area contributed by atoms with Gasteiger partial charge in [-0.2, -0.15) is 0 Å². The molecular formula is C114H141Cl5NP4Ru2+. The first-order valence-electron chi connectivity index (χ1n) is 38.8. The van der Waals surface area contributed by atoms with Crippen molar-refractivity contribution in [2.24, 2.45) is 0 Å². The van der Waals surface area contributed by atoms with E-state index in [1.807, 2.05) is 14.1 Å². The van der Waals surface area contributed by atoms with Crippen molar-refractivity contribution in [3.8, 4) is 0 Å². The van der Waals surface area contributed by atoms with Crippen LogP contribution in [-0.4, -0.2) is 14.1 Å². The molecule has 0 bridgehead atoms. The SMILES string of the molecule is C.C.C.C.C.C.C.C.CNC.Cc1cc(C)cc(P(c2cc(C)cc(C)c2)c2ccc3ccccc3c2)c1.Cc1cc(C)cc(P(c2cc(C)cc(C)c2)c2ccc3ccccc3c2)c1.Cc1cc(C)cc(P(c2cc(C)cc(C)c2)c2ccc3ccccc3c2)c1.Cc1cc(C)cc(P(c2cc(C)cc(C)c2)c2ccc3ccccc3c2)c1.Cl.Cl.[Cl-].[Cl-].[Cl-].[Ru+2].[Ru+2]. The molecule has 0 saturated carbocycles. The second-order valence-corrected chi connectivity index (χ2v) is 39.6. The van der Waals surface area contributed by atoms with E-state index in [-0.39, 0.29) is 160 Å². The number of rotatable bonds is 12. The third-order valence-corrected chi connectivity index (χ3v) is 29.1. The van der Waals surface area contributed by atoms with Gasteiger partial charge in [-0.05, 0) is 288 Å². The second kappa shape index (κ2) is 58.6. The van der Waals surface area contributed by atoms with Gasteiger partial charge >= 0.3 is 39.0 Å². The molecule has 0 spiro atoms. The van der Waals surface area contributed by atoms with Gasteiger partial charge in [-0.1, -0.05) is 440 Å². The molecule has 16 rings (SSSR count). The minimum absolute atomic E-state index is 0. The summed E-state index contributed by atoms with van der Waals surface area (Å²) in [5, 5.41) is 30.4.